The standard InChI is InChI=1S/C12H21N3/c1-10-12(9-14-15(10)2)8-13-7-3-4-11-5-6-11/h9,11,13H,3-8H2,1-2H3. The minimum atomic E-state index is 0.963. The number of aryl methyl sites for hydroxylation is 1. The van der Waals surface area contributed by atoms with Crippen molar-refractivity contribution < 1.29 is 0 Å². The highest BCUT2D eigenvalue weighted by Crippen LogP contribution is 2.33. The van der Waals surface area contributed by atoms with Crippen LogP contribution in [0.4, 0.5) is 0 Å². The van der Waals surface area contributed by atoms with Crippen LogP contribution < -0.4 is 5.32 Å². The lowest BCUT2D eigenvalue weighted by molar-refractivity contribution is 0.592. The Hall–Kier alpha value is -0.830. The summed E-state index contributed by atoms with van der Waals surface area (Å²) in [6.07, 6.45) is 7.65. The van der Waals surface area contributed by atoms with E-state index in [0.717, 1.165) is 19.0 Å². The first-order valence-electron chi connectivity index (χ1n) is 5.95. The molecule has 0 amide bonds. The molecule has 1 aliphatic carbocycles. The summed E-state index contributed by atoms with van der Waals surface area (Å²) in [6, 6.07) is 0. The van der Waals surface area contributed by atoms with Gasteiger partial charge in [0.1, 0.15) is 0 Å². The second kappa shape index (κ2) is 4.79. The van der Waals surface area contributed by atoms with Gasteiger partial charge < -0.3 is 5.32 Å². The summed E-state index contributed by atoms with van der Waals surface area (Å²) >= 11 is 0. The lowest BCUT2D eigenvalue weighted by Crippen LogP contribution is -2.15. The summed E-state index contributed by atoms with van der Waals surface area (Å²) in [5.74, 6) is 1.06. The zero-order valence-electron chi connectivity index (χ0n) is 9.79. The van der Waals surface area contributed by atoms with E-state index in [2.05, 4.69) is 17.3 Å². The predicted molar refractivity (Wildman–Crippen MR) is 61.6 cm³/mol. The van der Waals surface area contributed by atoms with Crippen LogP contribution in [0, 0.1) is 12.8 Å². The number of aromatic nitrogens is 2. The molecular formula is C12H21N3. The molecule has 0 aliphatic heterocycles. The van der Waals surface area contributed by atoms with Crippen molar-refractivity contribution >= 4 is 0 Å². The third-order valence-corrected chi connectivity index (χ3v) is 3.32. The van der Waals surface area contributed by atoms with Gasteiger partial charge in [-0.15, -0.1) is 0 Å². The van der Waals surface area contributed by atoms with Crippen molar-refractivity contribution in [2.45, 2.75) is 39.2 Å². The Kier molecular flexibility index (Phi) is 3.41. The molecule has 3 heteroatoms. The lowest BCUT2D eigenvalue weighted by atomic mass is 10.2. The number of hydrogen-bond donors (Lipinski definition) is 1. The van der Waals surface area contributed by atoms with Gasteiger partial charge in [0.2, 0.25) is 0 Å². The highest BCUT2D eigenvalue weighted by atomic mass is 15.3. The van der Waals surface area contributed by atoms with E-state index in [1.807, 2.05) is 17.9 Å². The minimum Gasteiger partial charge on any atom is -0.313 e. The van der Waals surface area contributed by atoms with Crippen molar-refractivity contribution in [1.29, 1.82) is 0 Å². The smallest absolute Gasteiger partial charge is 0.0537 e. The van der Waals surface area contributed by atoms with Gasteiger partial charge >= 0.3 is 0 Å². The summed E-state index contributed by atoms with van der Waals surface area (Å²) < 4.78 is 1.93. The van der Waals surface area contributed by atoms with Gasteiger partial charge in [0.15, 0.2) is 0 Å². The van der Waals surface area contributed by atoms with Crippen LogP contribution in [-0.4, -0.2) is 16.3 Å². The average molecular weight is 207 g/mol. The molecule has 1 aliphatic rings. The van der Waals surface area contributed by atoms with Gasteiger partial charge in [-0.3, -0.25) is 4.68 Å². The fraction of sp³-hybridized carbons (Fsp3) is 0.750. The Bertz CT molecular complexity index is 313. The van der Waals surface area contributed by atoms with Crippen LogP contribution in [0.5, 0.6) is 0 Å². The van der Waals surface area contributed by atoms with Crippen LogP contribution in [0.1, 0.15) is 36.9 Å². The largest absolute Gasteiger partial charge is 0.313 e. The Morgan fingerprint density at radius 2 is 2.33 bits per heavy atom. The number of nitrogens with one attached hydrogen (secondary N) is 1. The highest BCUT2D eigenvalue weighted by molar-refractivity contribution is 5.15. The summed E-state index contributed by atoms with van der Waals surface area (Å²) in [5.41, 5.74) is 2.59. The highest BCUT2D eigenvalue weighted by Gasteiger charge is 2.19. The zero-order valence-corrected chi connectivity index (χ0v) is 9.79. The molecule has 0 radical (unpaired) electrons. The summed E-state index contributed by atoms with van der Waals surface area (Å²) in [5, 5.41) is 7.72. The van der Waals surface area contributed by atoms with Crippen LogP contribution >= 0.6 is 0 Å². The molecule has 1 saturated carbocycles. The normalized spacial score (nSPS) is 15.9. The third-order valence-electron chi connectivity index (χ3n) is 3.32. The van der Waals surface area contributed by atoms with E-state index in [0.29, 0.717) is 0 Å². The molecular weight excluding hydrogens is 186 g/mol. The number of nitrogens with zero attached hydrogens (tertiary/aromatic N) is 2. The zero-order chi connectivity index (χ0) is 10.7. The molecule has 3 nitrogen and oxygen atoms in total. The molecule has 0 spiro atoms. The van der Waals surface area contributed by atoms with Gasteiger partial charge in [-0.05, 0) is 32.2 Å². The van der Waals surface area contributed by atoms with Crippen molar-refractivity contribution in [3.63, 3.8) is 0 Å². The van der Waals surface area contributed by atoms with E-state index < -0.39 is 0 Å². The molecule has 15 heavy (non-hydrogen) atoms. The fourth-order valence-corrected chi connectivity index (χ4v) is 1.86. The molecule has 0 aromatic carbocycles. The van der Waals surface area contributed by atoms with E-state index in [1.165, 1.54) is 36.9 Å². The molecule has 0 bridgehead atoms. The molecule has 1 fully saturated rings. The predicted octanol–water partition coefficient (Wildman–Crippen LogP) is 2.01. The van der Waals surface area contributed by atoms with Crippen molar-refractivity contribution in [3.05, 3.63) is 17.5 Å². The fourth-order valence-electron chi connectivity index (χ4n) is 1.86. The maximum Gasteiger partial charge on any atom is 0.0537 e. The van der Waals surface area contributed by atoms with Crippen molar-refractivity contribution in [1.82, 2.24) is 15.1 Å². The number of hydrogen-bond acceptors (Lipinski definition) is 2. The summed E-state index contributed by atoms with van der Waals surface area (Å²) in [6.45, 7) is 4.23. The van der Waals surface area contributed by atoms with Gasteiger partial charge in [0, 0.05) is 24.8 Å². The van der Waals surface area contributed by atoms with Crippen molar-refractivity contribution in [2.75, 3.05) is 6.54 Å². The van der Waals surface area contributed by atoms with E-state index in [1.54, 1.807) is 0 Å². The first-order chi connectivity index (χ1) is 7.27. The molecule has 0 saturated heterocycles. The SMILES string of the molecule is Cc1c(CNCCCC2CC2)cnn1C. The molecule has 0 atom stereocenters. The van der Waals surface area contributed by atoms with E-state index >= 15 is 0 Å². The van der Waals surface area contributed by atoms with E-state index in [9.17, 15) is 0 Å². The lowest BCUT2D eigenvalue weighted by Gasteiger charge is -2.03. The second-order valence-electron chi connectivity index (χ2n) is 4.64. The quantitative estimate of drug-likeness (QED) is 0.723. The molecule has 84 valence electrons. The average Bonchev–Trinajstić information content (AvgIpc) is 2.99. The van der Waals surface area contributed by atoms with Crippen molar-refractivity contribution in [2.24, 2.45) is 13.0 Å². The first kappa shape index (κ1) is 10.7. The van der Waals surface area contributed by atoms with Gasteiger partial charge in [-0.2, -0.15) is 5.10 Å². The van der Waals surface area contributed by atoms with E-state index in [-0.39, 0.29) is 0 Å². The van der Waals surface area contributed by atoms with Crippen LogP contribution in [0.25, 0.3) is 0 Å². The Labute approximate surface area is 91.9 Å². The summed E-state index contributed by atoms with van der Waals surface area (Å²) in [7, 11) is 1.99. The molecule has 1 heterocycles. The maximum absolute atomic E-state index is 4.23. The van der Waals surface area contributed by atoms with Gasteiger partial charge in [0.05, 0.1) is 6.20 Å². The second-order valence-corrected chi connectivity index (χ2v) is 4.64. The van der Waals surface area contributed by atoms with E-state index in [4.69, 9.17) is 0 Å². The molecule has 0 unspecified atom stereocenters. The Morgan fingerprint density at radius 1 is 1.53 bits per heavy atom. The Morgan fingerprint density at radius 3 is 2.93 bits per heavy atom. The topological polar surface area (TPSA) is 29.9 Å². The van der Waals surface area contributed by atoms with Crippen molar-refractivity contribution in [3.8, 4) is 0 Å². The molecule has 1 aromatic heterocycles. The third kappa shape index (κ3) is 3.06. The Balaban J connectivity index is 1.62. The van der Waals surface area contributed by atoms with Gasteiger partial charge in [-0.25, -0.2) is 0 Å². The number of rotatable bonds is 6. The van der Waals surface area contributed by atoms with Crippen LogP contribution in [0.15, 0.2) is 6.20 Å². The maximum atomic E-state index is 4.23. The van der Waals surface area contributed by atoms with Crippen LogP contribution in [0.3, 0.4) is 0 Å². The minimum absolute atomic E-state index is 0.963. The molecule has 1 N–H and O–H groups in total. The molecule has 2 rings (SSSR count). The summed E-state index contributed by atoms with van der Waals surface area (Å²) in [4.78, 5) is 0. The van der Waals surface area contributed by atoms with Gasteiger partial charge in [0.25, 0.3) is 0 Å². The van der Waals surface area contributed by atoms with Crippen LogP contribution in [-0.2, 0) is 13.6 Å². The first-order valence-corrected chi connectivity index (χ1v) is 5.95. The van der Waals surface area contributed by atoms with Gasteiger partial charge in [-0.1, -0.05) is 12.8 Å². The molecule has 1 aromatic rings. The monoisotopic (exact) mass is 207 g/mol. The van der Waals surface area contributed by atoms with Crippen LogP contribution in [0.2, 0.25) is 0 Å².